The van der Waals surface area contributed by atoms with Gasteiger partial charge in [0.2, 0.25) is 5.91 Å². The first-order valence-electron chi connectivity index (χ1n) is 8.37. The summed E-state index contributed by atoms with van der Waals surface area (Å²) in [4.78, 5) is 15.6. The Labute approximate surface area is 140 Å². The molecule has 3 aromatic rings. The van der Waals surface area contributed by atoms with Gasteiger partial charge in [0.05, 0.1) is 12.6 Å². The van der Waals surface area contributed by atoms with Crippen LogP contribution < -0.4 is 10.1 Å². The number of aryl methyl sites for hydroxylation is 1. The van der Waals surface area contributed by atoms with Crippen molar-refractivity contribution in [2.24, 2.45) is 0 Å². The van der Waals surface area contributed by atoms with Crippen LogP contribution >= 0.6 is 0 Å². The highest BCUT2D eigenvalue weighted by Crippen LogP contribution is 2.31. The molecule has 0 spiro atoms. The zero-order valence-corrected chi connectivity index (χ0v) is 13.4. The maximum Gasteiger partial charge on any atom is 0.220 e. The normalized spacial score (nSPS) is 16.4. The van der Waals surface area contributed by atoms with Crippen LogP contribution in [0.3, 0.4) is 0 Å². The Balaban J connectivity index is 1.41. The van der Waals surface area contributed by atoms with Crippen molar-refractivity contribution in [1.29, 1.82) is 0 Å². The Hall–Kier alpha value is -2.75. The van der Waals surface area contributed by atoms with E-state index in [4.69, 9.17) is 4.74 Å². The highest BCUT2D eigenvalue weighted by molar-refractivity contribution is 5.84. The topological polar surface area (TPSA) is 54.1 Å². The van der Waals surface area contributed by atoms with Crippen molar-refractivity contribution in [2.75, 3.05) is 6.61 Å². The van der Waals surface area contributed by atoms with E-state index in [1.165, 1.54) is 10.9 Å². The SMILES string of the molecule is O=C(CCc1c[nH]c2ccccc12)NC1CCOc2ccccc21. The molecule has 1 unspecified atom stereocenters. The summed E-state index contributed by atoms with van der Waals surface area (Å²) in [5.74, 6) is 0.965. The number of amides is 1. The van der Waals surface area contributed by atoms with Crippen molar-refractivity contribution in [3.8, 4) is 5.75 Å². The van der Waals surface area contributed by atoms with Crippen LogP contribution in [0.1, 0.15) is 30.0 Å². The molecular formula is C20H20N2O2. The fraction of sp³-hybridized carbons (Fsp3) is 0.250. The van der Waals surface area contributed by atoms with Crippen molar-refractivity contribution in [3.05, 3.63) is 65.9 Å². The molecule has 1 aromatic heterocycles. The fourth-order valence-corrected chi connectivity index (χ4v) is 3.35. The lowest BCUT2D eigenvalue weighted by molar-refractivity contribution is -0.122. The summed E-state index contributed by atoms with van der Waals surface area (Å²) in [6.45, 7) is 0.643. The molecule has 2 heterocycles. The average Bonchev–Trinajstić information content (AvgIpc) is 3.04. The molecule has 1 aliphatic rings. The van der Waals surface area contributed by atoms with Crippen molar-refractivity contribution < 1.29 is 9.53 Å². The van der Waals surface area contributed by atoms with Crippen LogP contribution in [0, 0.1) is 0 Å². The van der Waals surface area contributed by atoms with Gasteiger partial charge in [-0.2, -0.15) is 0 Å². The third kappa shape index (κ3) is 2.87. The Morgan fingerprint density at radius 1 is 1.17 bits per heavy atom. The second kappa shape index (κ2) is 6.40. The molecule has 0 aliphatic carbocycles. The second-order valence-corrected chi connectivity index (χ2v) is 6.15. The van der Waals surface area contributed by atoms with E-state index in [1.54, 1.807) is 0 Å². The smallest absolute Gasteiger partial charge is 0.220 e. The average molecular weight is 320 g/mol. The summed E-state index contributed by atoms with van der Waals surface area (Å²) >= 11 is 0. The molecule has 0 saturated heterocycles. The fourth-order valence-electron chi connectivity index (χ4n) is 3.35. The first-order valence-corrected chi connectivity index (χ1v) is 8.37. The predicted molar refractivity (Wildman–Crippen MR) is 94.1 cm³/mol. The Morgan fingerprint density at radius 2 is 2.00 bits per heavy atom. The zero-order valence-electron chi connectivity index (χ0n) is 13.4. The van der Waals surface area contributed by atoms with Gasteiger partial charge in [0, 0.05) is 35.5 Å². The lowest BCUT2D eigenvalue weighted by Crippen LogP contribution is -2.32. The van der Waals surface area contributed by atoms with Crippen LogP contribution in [0.2, 0.25) is 0 Å². The van der Waals surface area contributed by atoms with Crippen LogP contribution in [0.5, 0.6) is 5.75 Å². The number of hydrogen-bond donors (Lipinski definition) is 2. The van der Waals surface area contributed by atoms with Crippen molar-refractivity contribution in [3.63, 3.8) is 0 Å². The first kappa shape index (κ1) is 14.8. The molecule has 0 saturated carbocycles. The number of fused-ring (bicyclic) bond motifs is 2. The highest BCUT2D eigenvalue weighted by Gasteiger charge is 2.22. The number of nitrogens with one attached hydrogen (secondary N) is 2. The van der Waals surface area contributed by atoms with E-state index in [2.05, 4.69) is 22.4 Å². The van der Waals surface area contributed by atoms with E-state index in [9.17, 15) is 4.79 Å². The molecule has 0 fully saturated rings. The quantitative estimate of drug-likeness (QED) is 0.769. The molecule has 4 nitrogen and oxygen atoms in total. The summed E-state index contributed by atoms with van der Waals surface area (Å²) < 4.78 is 5.65. The second-order valence-electron chi connectivity index (χ2n) is 6.15. The Morgan fingerprint density at radius 3 is 2.96 bits per heavy atom. The maximum atomic E-state index is 12.4. The lowest BCUT2D eigenvalue weighted by atomic mass is 10.00. The lowest BCUT2D eigenvalue weighted by Gasteiger charge is -2.26. The number of ether oxygens (including phenoxy) is 1. The van der Waals surface area contributed by atoms with Crippen LogP contribution in [0.25, 0.3) is 10.9 Å². The molecule has 1 aliphatic heterocycles. The third-order valence-corrected chi connectivity index (χ3v) is 4.59. The molecular weight excluding hydrogens is 300 g/mol. The molecule has 122 valence electrons. The van der Waals surface area contributed by atoms with Crippen LogP contribution in [-0.2, 0) is 11.2 Å². The Kier molecular flexibility index (Phi) is 3.95. The summed E-state index contributed by atoms with van der Waals surface area (Å²) in [5, 5.41) is 4.35. The van der Waals surface area contributed by atoms with E-state index >= 15 is 0 Å². The van der Waals surface area contributed by atoms with E-state index < -0.39 is 0 Å². The monoisotopic (exact) mass is 320 g/mol. The van der Waals surface area contributed by atoms with Gasteiger partial charge in [-0.1, -0.05) is 36.4 Å². The minimum atomic E-state index is 0.0467. The minimum Gasteiger partial charge on any atom is -0.493 e. The number of carbonyl (C=O) groups is 1. The van der Waals surface area contributed by atoms with Gasteiger partial charge in [0.15, 0.2) is 0 Å². The van der Waals surface area contributed by atoms with Crippen molar-refractivity contribution in [2.45, 2.75) is 25.3 Å². The van der Waals surface area contributed by atoms with Crippen molar-refractivity contribution in [1.82, 2.24) is 10.3 Å². The number of aromatic amines is 1. The van der Waals surface area contributed by atoms with Crippen LogP contribution in [0.4, 0.5) is 0 Å². The van der Waals surface area contributed by atoms with Crippen LogP contribution in [-0.4, -0.2) is 17.5 Å². The number of H-pyrrole nitrogens is 1. The van der Waals surface area contributed by atoms with Crippen LogP contribution in [0.15, 0.2) is 54.7 Å². The molecule has 1 atom stereocenters. The van der Waals surface area contributed by atoms with Gasteiger partial charge in [0.25, 0.3) is 0 Å². The maximum absolute atomic E-state index is 12.4. The van der Waals surface area contributed by atoms with E-state index in [-0.39, 0.29) is 11.9 Å². The van der Waals surface area contributed by atoms with Crippen molar-refractivity contribution >= 4 is 16.8 Å². The molecule has 24 heavy (non-hydrogen) atoms. The van der Waals surface area contributed by atoms with Gasteiger partial charge in [-0.15, -0.1) is 0 Å². The van der Waals surface area contributed by atoms with Gasteiger partial charge in [-0.05, 0) is 24.1 Å². The van der Waals surface area contributed by atoms with Gasteiger partial charge >= 0.3 is 0 Å². The molecule has 4 heteroatoms. The van der Waals surface area contributed by atoms with E-state index in [1.807, 2.05) is 42.6 Å². The molecule has 2 aromatic carbocycles. The molecule has 2 N–H and O–H groups in total. The van der Waals surface area contributed by atoms with Gasteiger partial charge in [-0.25, -0.2) is 0 Å². The number of benzene rings is 2. The van der Waals surface area contributed by atoms with Gasteiger partial charge in [0.1, 0.15) is 5.75 Å². The highest BCUT2D eigenvalue weighted by atomic mass is 16.5. The van der Waals surface area contributed by atoms with E-state index in [0.29, 0.717) is 13.0 Å². The minimum absolute atomic E-state index is 0.0467. The molecule has 0 bridgehead atoms. The summed E-state index contributed by atoms with van der Waals surface area (Å²) in [7, 11) is 0. The largest absolute Gasteiger partial charge is 0.493 e. The number of para-hydroxylation sites is 2. The molecule has 0 radical (unpaired) electrons. The summed E-state index contributed by atoms with van der Waals surface area (Å²) in [6.07, 6.45) is 4.04. The first-order chi connectivity index (χ1) is 11.8. The third-order valence-electron chi connectivity index (χ3n) is 4.59. The standard InChI is InChI=1S/C20H20N2O2/c23-20(10-9-14-13-21-17-7-3-1-5-15(14)17)22-18-11-12-24-19-8-4-2-6-16(18)19/h1-8,13,18,21H,9-12H2,(H,22,23). The van der Waals surface area contributed by atoms with Gasteiger partial charge < -0.3 is 15.0 Å². The number of rotatable bonds is 4. The number of hydrogen-bond acceptors (Lipinski definition) is 2. The Bertz CT molecular complexity index is 869. The summed E-state index contributed by atoms with van der Waals surface area (Å²) in [6, 6.07) is 16.2. The molecule has 4 rings (SSSR count). The number of aromatic nitrogens is 1. The summed E-state index contributed by atoms with van der Waals surface area (Å²) in [5.41, 5.74) is 3.38. The number of carbonyl (C=O) groups excluding carboxylic acids is 1. The molecule has 1 amide bonds. The predicted octanol–water partition coefficient (Wildman–Crippen LogP) is 3.74. The van der Waals surface area contributed by atoms with Gasteiger partial charge in [-0.3, -0.25) is 4.79 Å². The zero-order chi connectivity index (χ0) is 16.4. The van der Waals surface area contributed by atoms with E-state index in [0.717, 1.165) is 29.7 Å².